The number of nitrogens with one attached hydrogen (secondary N) is 1. The Kier molecular flexibility index (Phi) is 6.40. The number of halogens is 5. The Labute approximate surface area is 173 Å². The van der Waals surface area contributed by atoms with E-state index in [1.807, 2.05) is 31.2 Å². The van der Waals surface area contributed by atoms with E-state index in [1.54, 1.807) is 0 Å². The molecule has 0 spiro atoms. The van der Waals surface area contributed by atoms with Crippen LogP contribution in [0.4, 0.5) is 23.5 Å². The molecule has 0 aliphatic rings. The summed E-state index contributed by atoms with van der Waals surface area (Å²) in [6.45, 7) is 3.59. The fourth-order valence-corrected chi connectivity index (χ4v) is 3.00. The molecule has 0 saturated carbocycles. The summed E-state index contributed by atoms with van der Waals surface area (Å²) < 4.78 is 54.5. The molecule has 3 aromatic rings. The Morgan fingerprint density at radius 1 is 1.13 bits per heavy atom. The summed E-state index contributed by atoms with van der Waals surface area (Å²) in [6.07, 6.45) is -4.96. The summed E-state index contributed by atoms with van der Waals surface area (Å²) in [6, 6.07) is 6.37. The summed E-state index contributed by atoms with van der Waals surface area (Å²) in [5.74, 6) is -0.880. The lowest BCUT2D eigenvalue weighted by Crippen LogP contribution is -2.26. The van der Waals surface area contributed by atoms with Crippen molar-refractivity contribution in [3.05, 3.63) is 58.1 Å². The number of hydrogen-bond donors (Lipinski definition) is 1. The molecule has 0 aliphatic carbocycles. The van der Waals surface area contributed by atoms with Gasteiger partial charge in [0.2, 0.25) is 5.95 Å². The normalized spacial score (nSPS) is 12.6. The first-order valence-corrected chi connectivity index (χ1v) is 9.15. The van der Waals surface area contributed by atoms with E-state index < -0.39 is 41.2 Å². The van der Waals surface area contributed by atoms with E-state index in [-0.39, 0.29) is 5.95 Å². The molecule has 7 nitrogen and oxygen atoms in total. The molecule has 1 amide bonds. The maximum atomic E-state index is 13.3. The van der Waals surface area contributed by atoms with Crippen LogP contribution in [0.15, 0.2) is 30.6 Å². The lowest BCUT2D eigenvalue weighted by molar-refractivity contribution is -0.119. The van der Waals surface area contributed by atoms with Crippen molar-refractivity contribution in [3.8, 4) is 0 Å². The molecule has 0 fully saturated rings. The van der Waals surface area contributed by atoms with Gasteiger partial charge in [0, 0.05) is 0 Å². The number of amides is 1. The second-order valence-corrected chi connectivity index (χ2v) is 6.92. The molecule has 2 heterocycles. The molecule has 2 aromatic heterocycles. The number of alkyl halides is 4. The van der Waals surface area contributed by atoms with Crippen LogP contribution in [-0.2, 0) is 11.3 Å². The molecule has 0 radical (unpaired) electrons. The second kappa shape index (κ2) is 8.82. The molecule has 3 rings (SSSR count). The lowest BCUT2D eigenvalue weighted by atomic mass is 10.1. The van der Waals surface area contributed by atoms with Crippen molar-refractivity contribution in [2.75, 3.05) is 5.32 Å². The molecule has 1 N–H and O–H groups in total. The van der Waals surface area contributed by atoms with Crippen LogP contribution >= 0.6 is 11.6 Å². The minimum Gasteiger partial charge on any atom is -0.291 e. The molecule has 1 atom stereocenters. The fourth-order valence-electron chi connectivity index (χ4n) is 2.71. The summed E-state index contributed by atoms with van der Waals surface area (Å²) in [7, 11) is 0. The van der Waals surface area contributed by atoms with Gasteiger partial charge in [-0.25, -0.2) is 31.9 Å². The zero-order valence-electron chi connectivity index (χ0n) is 15.9. The number of anilines is 1. The number of aromatic nitrogens is 5. The van der Waals surface area contributed by atoms with E-state index in [0.717, 1.165) is 11.1 Å². The second-order valence-electron chi connectivity index (χ2n) is 6.55. The molecular formula is C18H17ClF4N6O. The van der Waals surface area contributed by atoms with Gasteiger partial charge in [0.05, 0.1) is 11.6 Å². The minimum absolute atomic E-state index is 0.0649. The lowest BCUT2D eigenvalue weighted by Gasteiger charge is -2.14. The van der Waals surface area contributed by atoms with Gasteiger partial charge in [0.15, 0.2) is 0 Å². The van der Waals surface area contributed by atoms with E-state index in [2.05, 4.69) is 20.5 Å². The van der Waals surface area contributed by atoms with Gasteiger partial charge in [-0.2, -0.15) is 5.10 Å². The quantitative estimate of drug-likeness (QED) is 0.542. The van der Waals surface area contributed by atoms with Gasteiger partial charge in [0.1, 0.15) is 23.8 Å². The van der Waals surface area contributed by atoms with Crippen LogP contribution < -0.4 is 5.32 Å². The number of benzene rings is 1. The van der Waals surface area contributed by atoms with E-state index >= 15 is 0 Å². The van der Waals surface area contributed by atoms with E-state index in [0.29, 0.717) is 11.2 Å². The highest BCUT2D eigenvalue weighted by Crippen LogP contribution is 2.36. The summed E-state index contributed by atoms with van der Waals surface area (Å²) in [5, 5.41) is 9.01. The molecule has 1 aromatic carbocycles. The van der Waals surface area contributed by atoms with E-state index in [9.17, 15) is 22.4 Å². The molecular weight excluding hydrogens is 428 g/mol. The highest BCUT2D eigenvalue weighted by atomic mass is 35.5. The number of rotatable bonds is 7. The van der Waals surface area contributed by atoms with E-state index in [4.69, 9.17) is 11.6 Å². The van der Waals surface area contributed by atoms with Gasteiger partial charge >= 0.3 is 0 Å². The van der Waals surface area contributed by atoms with Crippen molar-refractivity contribution in [2.45, 2.75) is 39.3 Å². The first kappa shape index (κ1) is 21.8. The first-order valence-electron chi connectivity index (χ1n) is 8.77. The standard InChI is InChI=1S/C18H17ClF4N6O/c1-9-3-5-11(6-4-9)7-28-8-24-18(27-28)25-17(30)10(2)29-14(16(22)23)12(19)13(26-29)15(20)21/h3-6,8,10,15-16H,7H2,1-2H3,(H,25,27,30). The third-order valence-electron chi connectivity index (χ3n) is 4.31. The van der Waals surface area contributed by atoms with Crippen LogP contribution in [-0.4, -0.2) is 30.5 Å². The van der Waals surface area contributed by atoms with E-state index in [1.165, 1.54) is 17.9 Å². The summed E-state index contributed by atoms with van der Waals surface area (Å²) in [4.78, 5) is 16.4. The van der Waals surface area contributed by atoms with Crippen molar-refractivity contribution in [2.24, 2.45) is 0 Å². The van der Waals surface area contributed by atoms with Gasteiger partial charge in [-0.05, 0) is 19.4 Å². The maximum absolute atomic E-state index is 13.3. The Balaban J connectivity index is 1.74. The number of carbonyl (C=O) groups is 1. The highest BCUT2D eigenvalue weighted by molar-refractivity contribution is 6.32. The fraction of sp³-hybridized carbons (Fsp3) is 0.333. The number of hydrogen-bond acceptors (Lipinski definition) is 4. The minimum atomic E-state index is -3.19. The van der Waals surface area contributed by atoms with Crippen LogP contribution in [0.1, 0.15) is 48.3 Å². The predicted octanol–water partition coefficient (Wildman–Crippen LogP) is 4.56. The smallest absolute Gasteiger partial charge is 0.283 e. The van der Waals surface area contributed by atoms with Crippen molar-refractivity contribution >= 4 is 23.5 Å². The predicted molar refractivity (Wildman–Crippen MR) is 101 cm³/mol. The van der Waals surface area contributed by atoms with Crippen LogP contribution in [0.3, 0.4) is 0 Å². The van der Waals surface area contributed by atoms with Crippen molar-refractivity contribution in [1.82, 2.24) is 24.5 Å². The van der Waals surface area contributed by atoms with Crippen molar-refractivity contribution < 1.29 is 22.4 Å². The topological polar surface area (TPSA) is 77.6 Å². The van der Waals surface area contributed by atoms with Crippen LogP contribution in [0.5, 0.6) is 0 Å². The van der Waals surface area contributed by atoms with Crippen LogP contribution in [0.25, 0.3) is 0 Å². The zero-order chi connectivity index (χ0) is 22.0. The Bertz CT molecular complexity index is 1030. The summed E-state index contributed by atoms with van der Waals surface area (Å²) in [5.41, 5.74) is 0.111. The molecule has 1 unspecified atom stereocenters. The van der Waals surface area contributed by atoms with Crippen molar-refractivity contribution in [3.63, 3.8) is 0 Å². The van der Waals surface area contributed by atoms with Gasteiger partial charge in [-0.1, -0.05) is 41.4 Å². The van der Waals surface area contributed by atoms with Crippen molar-refractivity contribution in [1.29, 1.82) is 0 Å². The molecule has 0 aliphatic heterocycles. The van der Waals surface area contributed by atoms with Crippen LogP contribution in [0.2, 0.25) is 5.02 Å². The Morgan fingerprint density at radius 2 is 1.80 bits per heavy atom. The zero-order valence-corrected chi connectivity index (χ0v) is 16.6. The molecule has 160 valence electrons. The molecule has 0 bridgehead atoms. The first-order chi connectivity index (χ1) is 14.2. The number of aryl methyl sites for hydroxylation is 1. The van der Waals surface area contributed by atoms with Gasteiger partial charge in [-0.3, -0.25) is 10.1 Å². The van der Waals surface area contributed by atoms with Gasteiger partial charge in [0.25, 0.3) is 18.8 Å². The molecule has 30 heavy (non-hydrogen) atoms. The van der Waals surface area contributed by atoms with Gasteiger partial charge < -0.3 is 0 Å². The van der Waals surface area contributed by atoms with Crippen LogP contribution in [0, 0.1) is 6.92 Å². The SMILES string of the molecule is Cc1ccc(Cn2cnc(NC(=O)C(C)n3nc(C(F)F)c(Cl)c3C(F)F)n2)cc1. The largest absolute Gasteiger partial charge is 0.291 e. The Hall–Kier alpha value is -2.95. The molecule has 12 heteroatoms. The monoisotopic (exact) mass is 444 g/mol. The molecule has 0 saturated heterocycles. The summed E-state index contributed by atoms with van der Waals surface area (Å²) >= 11 is 5.62. The average Bonchev–Trinajstić information content (AvgIpc) is 3.26. The Morgan fingerprint density at radius 3 is 2.40 bits per heavy atom. The maximum Gasteiger partial charge on any atom is 0.283 e. The third-order valence-corrected chi connectivity index (χ3v) is 4.70. The third kappa shape index (κ3) is 4.61. The number of carbonyl (C=O) groups excluding carboxylic acids is 1. The average molecular weight is 445 g/mol. The number of nitrogens with zero attached hydrogens (tertiary/aromatic N) is 5. The highest BCUT2D eigenvalue weighted by Gasteiger charge is 2.32. The van der Waals surface area contributed by atoms with Gasteiger partial charge in [-0.15, -0.1) is 5.10 Å².